The topological polar surface area (TPSA) is 53.3 Å². The second-order valence-electron chi connectivity index (χ2n) is 8.67. The lowest BCUT2D eigenvalue weighted by Gasteiger charge is -2.14. The van der Waals surface area contributed by atoms with Crippen LogP contribution in [0.5, 0.6) is 11.5 Å². The third-order valence-corrected chi connectivity index (χ3v) is 6.09. The molecule has 0 amide bonds. The van der Waals surface area contributed by atoms with Crippen LogP contribution in [-0.4, -0.2) is 23.3 Å². The molecule has 0 aliphatic rings. The number of methoxy groups -OCH3 is 1. The Morgan fingerprint density at radius 3 is 2.44 bits per heavy atom. The van der Waals surface area contributed by atoms with Crippen LogP contribution < -0.4 is 15.0 Å². The molecule has 34 heavy (non-hydrogen) atoms. The minimum Gasteiger partial charge on any atom is -0.497 e. The maximum atomic E-state index is 13.3. The van der Waals surface area contributed by atoms with Crippen LogP contribution >= 0.6 is 0 Å². The average molecular weight is 457 g/mol. The van der Waals surface area contributed by atoms with Gasteiger partial charge in [0.1, 0.15) is 17.3 Å². The average Bonchev–Trinajstić information content (AvgIpc) is 2.86. The highest BCUT2D eigenvalue weighted by Crippen LogP contribution is 2.23. The summed E-state index contributed by atoms with van der Waals surface area (Å²) in [4.78, 5) is 18.1. The molecular formula is C29H32N2O3. The summed E-state index contributed by atoms with van der Waals surface area (Å²) in [6.07, 6.45) is 3.98. The Kier molecular flexibility index (Phi) is 7.63. The lowest BCUT2D eigenvalue weighted by atomic mass is 10.1. The van der Waals surface area contributed by atoms with E-state index in [2.05, 4.69) is 32.0 Å². The van der Waals surface area contributed by atoms with Gasteiger partial charge in [0.2, 0.25) is 0 Å². The number of hydrogen-bond donors (Lipinski definition) is 0. The molecule has 4 aromatic rings. The summed E-state index contributed by atoms with van der Waals surface area (Å²) in [5.41, 5.74) is 4.01. The minimum absolute atomic E-state index is 0.00896. The number of aryl methyl sites for hydroxylation is 2. The van der Waals surface area contributed by atoms with Crippen molar-refractivity contribution in [1.29, 1.82) is 0 Å². The van der Waals surface area contributed by atoms with Gasteiger partial charge in [0.15, 0.2) is 0 Å². The maximum absolute atomic E-state index is 13.3. The van der Waals surface area contributed by atoms with Crippen LogP contribution in [0.2, 0.25) is 0 Å². The van der Waals surface area contributed by atoms with E-state index in [9.17, 15) is 4.79 Å². The van der Waals surface area contributed by atoms with Gasteiger partial charge in [0.25, 0.3) is 5.56 Å². The zero-order valence-corrected chi connectivity index (χ0v) is 20.2. The van der Waals surface area contributed by atoms with Crippen LogP contribution in [0.4, 0.5) is 0 Å². The molecule has 1 aromatic heterocycles. The first kappa shape index (κ1) is 23.6. The maximum Gasteiger partial charge on any atom is 0.261 e. The smallest absolute Gasteiger partial charge is 0.261 e. The number of nitrogens with zero attached hydrogens (tertiary/aromatic N) is 2. The summed E-state index contributed by atoms with van der Waals surface area (Å²) in [6.45, 7) is 5.50. The van der Waals surface area contributed by atoms with Crippen molar-refractivity contribution in [2.24, 2.45) is 0 Å². The second-order valence-corrected chi connectivity index (χ2v) is 8.67. The molecule has 0 spiro atoms. The number of fused-ring (bicyclic) bond motifs is 1. The molecule has 0 saturated carbocycles. The summed E-state index contributed by atoms with van der Waals surface area (Å²) in [6, 6.07) is 21.5. The fraction of sp³-hybridized carbons (Fsp3) is 0.310. The third kappa shape index (κ3) is 5.48. The van der Waals surface area contributed by atoms with E-state index < -0.39 is 0 Å². The zero-order chi connectivity index (χ0) is 23.9. The highest BCUT2D eigenvalue weighted by atomic mass is 16.5. The quantitative estimate of drug-likeness (QED) is 0.262. The molecule has 0 radical (unpaired) electrons. The fourth-order valence-corrected chi connectivity index (χ4v) is 4.11. The van der Waals surface area contributed by atoms with Gasteiger partial charge in [-0.3, -0.25) is 9.36 Å². The van der Waals surface area contributed by atoms with Crippen molar-refractivity contribution >= 4 is 10.9 Å². The predicted octanol–water partition coefficient (Wildman–Crippen LogP) is 6.33. The Bertz CT molecular complexity index is 1310. The first-order chi connectivity index (χ1) is 16.6. The van der Waals surface area contributed by atoms with E-state index >= 15 is 0 Å². The monoisotopic (exact) mass is 456 g/mol. The number of ether oxygens (including phenoxy) is 2. The van der Waals surface area contributed by atoms with E-state index in [-0.39, 0.29) is 5.56 Å². The van der Waals surface area contributed by atoms with Crippen molar-refractivity contribution in [2.75, 3.05) is 13.7 Å². The molecular weight excluding hydrogens is 424 g/mol. The van der Waals surface area contributed by atoms with Gasteiger partial charge >= 0.3 is 0 Å². The molecule has 0 N–H and O–H groups in total. The van der Waals surface area contributed by atoms with Crippen LogP contribution in [-0.2, 0) is 6.54 Å². The van der Waals surface area contributed by atoms with E-state index in [0.717, 1.165) is 48.3 Å². The molecule has 1 heterocycles. The third-order valence-electron chi connectivity index (χ3n) is 6.09. The zero-order valence-electron chi connectivity index (χ0n) is 20.2. The lowest BCUT2D eigenvalue weighted by Crippen LogP contribution is -2.23. The van der Waals surface area contributed by atoms with Crippen molar-refractivity contribution < 1.29 is 9.47 Å². The van der Waals surface area contributed by atoms with E-state index in [0.29, 0.717) is 24.4 Å². The van der Waals surface area contributed by atoms with E-state index in [1.165, 1.54) is 11.1 Å². The standard InChI is InChI=1S/C29H32N2O3/c1-21-12-13-22(2)27(20-21)34-19-9-5-4-8-18-31-28(23-14-16-24(33-3)17-15-23)30-26-11-7-6-10-25(26)29(31)32/h6-7,10-17,20H,4-5,8-9,18-19H2,1-3H3. The first-order valence-corrected chi connectivity index (χ1v) is 11.9. The van der Waals surface area contributed by atoms with Gasteiger partial charge in [-0.2, -0.15) is 0 Å². The summed E-state index contributed by atoms with van der Waals surface area (Å²) in [5, 5.41) is 0.654. The number of benzene rings is 3. The molecule has 0 aliphatic carbocycles. The SMILES string of the molecule is COc1ccc(-c2nc3ccccc3c(=O)n2CCCCCCOc2cc(C)ccc2C)cc1. The number of aromatic nitrogens is 2. The van der Waals surface area contributed by atoms with Gasteiger partial charge in [-0.05, 0) is 80.3 Å². The van der Waals surface area contributed by atoms with Gasteiger partial charge < -0.3 is 9.47 Å². The van der Waals surface area contributed by atoms with Gasteiger partial charge in [0.05, 0.1) is 24.6 Å². The van der Waals surface area contributed by atoms with E-state index in [1.807, 2.05) is 53.1 Å². The molecule has 5 nitrogen and oxygen atoms in total. The number of unbranched alkanes of at least 4 members (excludes halogenated alkanes) is 3. The molecule has 3 aromatic carbocycles. The Morgan fingerprint density at radius 2 is 1.65 bits per heavy atom. The molecule has 0 bridgehead atoms. The molecule has 176 valence electrons. The number of rotatable bonds is 10. The van der Waals surface area contributed by atoms with E-state index in [1.54, 1.807) is 7.11 Å². The Labute approximate surface area is 201 Å². The number of para-hydroxylation sites is 1. The molecule has 0 saturated heterocycles. The Hall–Kier alpha value is -3.60. The highest BCUT2D eigenvalue weighted by molar-refractivity contribution is 5.79. The lowest BCUT2D eigenvalue weighted by molar-refractivity contribution is 0.302. The van der Waals surface area contributed by atoms with Crippen LogP contribution in [0.15, 0.2) is 71.5 Å². The van der Waals surface area contributed by atoms with Crippen molar-refractivity contribution in [2.45, 2.75) is 46.1 Å². The molecule has 0 fully saturated rings. The predicted molar refractivity (Wildman–Crippen MR) is 138 cm³/mol. The van der Waals surface area contributed by atoms with Crippen molar-refractivity contribution in [3.63, 3.8) is 0 Å². The molecule has 0 aliphatic heterocycles. The van der Waals surface area contributed by atoms with Crippen LogP contribution in [0, 0.1) is 13.8 Å². The summed E-state index contributed by atoms with van der Waals surface area (Å²) in [7, 11) is 1.65. The fourth-order valence-electron chi connectivity index (χ4n) is 4.11. The Morgan fingerprint density at radius 1 is 0.882 bits per heavy atom. The van der Waals surface area contributed by atoms with Gasteiger partial charge in [-0.15, -0.1) is 0 Å². The Balaban J connectivity index is 1.41. The van der Waals surface area contributed by atoms with Gasteiger partial charge in [-0.25, -0.2) is 4.98 Å². The normalized spacial score (nSPS) is 11.0. The molecule has 5 heteroatoms. The summed E-state index contributed by atoms with van der Waals surface area (Å²) in [5.74, 6) is 2.45. The highest BCUT2D eigenvalue weighted by Gasteiger charge is 2.13. The van der Waals surface area contributed by atoms with Crippen molar-refractivity contribution in [1.82, 2.24) is 9.55 Å². The number of hydrogen-bond acceptors (Lipinski definition) is 4. The van der Waals surface area contributed by atoms with Crippen LogP contribution in [0.3, 0.4) is 0 Å². The van der Waals surface area contributed by atoms with Gasteiger partial charge in [-0.1, -0.05) is 37.1 Å². The van der Waals surface area contributed by atoms with Crippen molar-refractivity contribution in [3.05, 3.63) is 88.2 Å². The first-order valence-electron chi connectivity index (χ1n) is 11.9. The second kappa shape index (κ2) is 11.0. The summed E-state index contributed by atoms with van der Waals surface area (Å²) < 4.78 is 13.1. The molecule has 0 unspecified atom stereocenters. The van der Waals surface area contributed by atoms with Gasteiger partial charge in [0, 0.05) is 12.1 Å². The largest absolute Gasteiger partial charge is 0.497 e. The van der Waals surface area contributed by atoms with Crippen LogP contribution in [0.1, 0.15) is 36.8 Å². The van der Waals surface area contributed by atoms with Crippen LogP contribution in [0.25, 0.3) is 22.3 Å². The minimum atomic E-state index is 0.00896. The van der Waals surface area contributed by atoms with Crippen molar-refractivity contribution in [3.8, 4) is 22.9 Å². The summed E-state index contributed by atoms with van der Waals surface area (Å²) >= 11 is 0. The molecule has 0 atom stereocenters. The molecule has 4 rings (SSSR count). The van der Waals surface area contributed by atoms with E-state index in [4.69, 9.17) is 14.5 Å².